The van der Waals surface area contributed by atoms with Crippen LogP contribution >= 0.6 is 11.6 Å². The van der Waals surface area contributed by atoms with Crippen LogP contribution in [0.15, 0.2) is 29.2 Å². The summed E-state index contributed by atoms with van der Waals surface area (Å²) < 4.78 is 27.1. The molecule has 0 aromatic heterocycles. The molecule has 2 amide bonds. The Morgan fingerprint density at radius 1 is 0.697 bits per heavy atom. The van der Waals surface area contributed by atoms with E-state index in [9.17, 15) is 18.0 Å². The Bertz CT molecular complexity index is 936. The number of halogens is 1. The van der Waals surface area contributed by atoms with Gasteiger partial charge < -0.3 is 9.80 Å². The van der Waals surface area contributed by atoms with Gasteiger partial charge in [0.15, 0.2) is 0 Å². The first-order valence-corrected chi connectivity index (χ1v) is 13.4. The van der Waals surface area contributed by atoms with Gasteiger partial charge in [0.05, 0.1) is 18.0 Å². The monoisotopic (exact) mass is 497 g/mol. The van der Waals surface area contributed by atoms with Crippen molar-refractivity contribution in [1.82, 2.24) is 23.9 Å². The van der Waals surface area contributed by atoms with Crippen molar-refractivity contribution < 1.29 is 18.0 Å². The Morgan fingerprint density at radius 2 is 1.15 bits per heavy atom. The molecule has 0 N–H and O–H groups in total. The van der Waals surface area contributed by atoms with Gasteiger partial charge in [-0.15, -0.1) is 0 Å². The zero-order valence-electron chi connectivity index (χ0n) is 18.9. The summed E-state index contributed by atoms with van der Waals surface area (Å²) in [4.78, 5) is 33.3. The number of amides is 2. The Morgan fingerprint density at radius 3 is 1.64 bits per heavy atom. The van der Waals surface area contributed by atoms with Crippen molar-refractivity contribution in [3.05, 3.63) is 29.3 Å². The number of sulfonamides is 1. The Balaban J connectivity index is 1.20. The third-order valence-electron chi connectivity index (χ3n) is 6.68. The average Bonchev–Trinajstić information content (AvgIpc) is 3.36. The number of carbonyl (C=O) groups is 2. The number of carbonyl (C=O) groups excluding carboxylic acids is 2. The molecule has 0 saturated carbocycles. The minimum absolute atomic E-state index is 0.0279. The number of piperazine rings is 2. The summed E-state index contributed by atoms with van der Waals surface area (Å²) >= 11 is 5.86. The summed E-state index contributed by atoms with van der Waals surface area (Å²) in [7, 11) is -3.59. The first-order valence-electron chi connectivity index (χ1n) is 11.6. The largest absolute Gasteiger partial charge is 0.342 e. The summed E-state index contributed by atoms with van der Waals surface area (Å²) in [5.74, 6) is 0.239. The van der Waals surface area contributed by atoms with Crippen molar-refractivity contribution in [2.24, 2.45) is 0 Å². The standard InChI is InChI=1S/C22H32ClN5O4S/c23-19-3-5-20(6-4-19)33(31,32)28-15-13-27(14-16-28)22(30)18-25-11-9-24(10-12-25)17-21(29)26-7-1-2-8-26/h3-6H,1-2,7-18H2. The van der Waals surface area contributed by atoms with E-state index in [-0.39, 0.29) is 29.8 Å². The van der Waals surface area contributed by atoms with Crippen LogP contribution < -0.4 is 0 Å². The molecule has 0 bridgehead atoms. The van der Waals surface area contributed by atoms with E-state index in [2.05, 4.69) is 9.80 Å². The highest BCUT2D eigenvalue weighted by molar-refractivity contribution is 7.89. The molecule has 3 fully saturated rings. The van der Waals surface area contributed by atoms with E-state index in [1.54, 1.807) is 17.0 Å². The normalized spacial score (nSPS) is 21.5. The fourth-order valence-corrected chi connectivity index (χ4v) is 6.14. The van der Waals surface area contributed by atoms with Crippen LogP contribution in [0, 0.1) is 0 Å². The van der Waals surface area contributed by atoms with Crippen molar-refractivity contribution in [2.45, 2.75) is 17.7 Å². The number of likely N-dealkylation sites (tertiary alicyclic amines) is 1. The van der Waals surface area contributed by atoms with Crippen LogP contribution in [0.3, 0.4) is 0 Å². The molecule has 9 nitrogen and oxygen atoms in total. The third-order valence-corrected chi connectivity index (χ3v) is 8.85. The molecule has 3 saturated heterocycles. The number of hydrogen-bond acceptors (Lipinski definition) is 6. The van der Waals surface area contributed by atoms with Crippen LogP contribution in [0.25, 0.3) is 0 Å². The van der Waals surface area contributed by atoms with Gasteiger partial charge in [-0.25, -0.2) is 8.42 Å². The lowest BCUT2D eigenvalue weighted by molar-refractivity contribution is -0.135. The summed E-state index contributed by atoms with van der Waals surface area (Å²) in [5, 5.41) is 0.489. The molecule has 0 aliphatic carbocycles. The molecule has 4 rings (SSSR count). The van der Waals surface area contributed by atoms with Gasteiger partial charge in [0.1, 0.15) is 0 Å². The van der Waals surface area contributed by atoms with Crippen LogP contribution in [-0.4, -0.2) is 123 Å². The highest BCUT2D eigenvalue weighted by Gasteiger charge is 2.31. The molecular formula is C22H32ClN5O4S. The summed E-state index contributed by atoms with van der Waals surface area (Å²) in [5.41, 5.74) is 0. The number of hydrogen-bond donors (Lipinski definition) is 0. The molecule has 0 unspecified atom stereocenters. The number of rotatable bonds is 6. The maximum atomic E-state index is 12.8. The maximum Gasteiger partial charge on any atom is 0.243 e. The molecule has 3 heterocycles. The molecule has 3 aliphatic rings. The quantitative estimate of drug-likeness (QED) is 0.566. The number of benzene rings is 1. The summed E-state index contributed by atoms with van der Waals surface area (Å²) in [6.07, 6.45) is 2.20. The van der Waals surface area contributed by atoms with Gasteiger partial charge >= 0.3 is 0 Å². The first-order chi connectivity index (χ1) is 15.8. The Labute approximate surface area is 200 Å². The second-order valence-electron chi connectivity index (χ2n) is 8.88. The fourth-order valence-electron chi connectivity index (χ4n) is 4.59. The highest BCUT2D eigenvalue weighted by Crippen LogP contribution is 2.20. The van der Waals surface area contributed by atoms with Crippen molar-refractivity contribution in [1.29, 1.82) is 0 Å². The second kappa shape index (κ2) is 10.7. The predicted molar refractivity (Wildman–Crippen MR) is 125 cm³/mol. The predicted octanol–water partition coefficient (Wildman–Crippen LogP) is 0.413. The topological polar surface area (TPSA) is 84.5 Å². The van der Waals surface area contributed by atoms with Gasteiger partial charge in [0.2, 0.25) is 21.8 Å². The SMILES string of the molecule is O=C(CN1CCN(CC(=O)N2CCN(S(=O)(=O)c3ccc(Cl)cc3)CC2)CC1)N1CCCC1. The lowest BCUT2D eigenvalue weighted by Crippen LogP contribution is -2.55. The molecule has 11 heteroatoms. The van der Waals surface area contributed by atoms with E-state index in [4.69, 9.17) is 11.6 Å². The molecular weight excluding hydrogens is 466 g/mol. The minimum Gasteiger partial charge on any atom is -0.342 e. The van der Waals surface area contributed by atoms with Crippen molar-refractivity contribution in [3.63, 3.8) is 0 Å². The van der Waals surface area contributed by atoms with Crippen molar-refractivity contribution >= 4 is 33.4 Å². The van der Waals surface area contributed by atoms with E-state index in [1.807, 2.05) is 4.90 Å². The highest BCUT2D eigenvalue weighted by atomic mass is 35.5. The zero-order chi connectivity index (χ0) is 23.4. The van der Waals surface area contributed by atoms with Gasteiger partial charge in [-0.05, 0) is 37.1 Å². The maximum absolute atomic E-state index is 12.8. The van der Waals surface area contributed by atoms with Crippen LogP contribution in [-0.2, 0) is 19.6 Å². The van der Waals surface area contributed by atoms with E-state index >= 15 is 0 Å². The first kappa shape index (κ1) is 24.4. The molecule has 3 aliphatic heterocycles. The molecule has 182 valence electrons. The van der Waals surface area contributed by atoms with Gasteiger partial charge in [-0.2, -0.15) is 4.31 Å². The van der Waals surface area contributed by atoms with Crippen molar-refractivity contribution in [3.8, 4) is 0 Å². The fraction of sp³-hybridized carbons (Fsp3) is 0.636. The Hall–Kier alpha value is -1.72. The van der Waals surface area contributed by atoms with E-state index in [0.29, 0.717) is 31.2 Å². The summed E-state index contributed by atoms with van der Waals surface area (Å²) in [6, 6.07) is 6.15. The van der Waals surface area contributed by atoms with Gasteiger partial charge in [-0.1, -0.05) is 11.6 Å². The van der Waals surface area contributed by atoms with Gasteiger partial charge in [0, 0.05) is 70.5 Å². The zero-order valence-corrected chi connectivity index (χ0v) is 20.4. The van der Waals surface area contributed by atoms with Gasteiger partial charge in [0.25, 0.3) is 0 Å². The molecule has 1 aromatic rings. The summed E-state index contributed by atoms with van der Waals surface area (Å²) in [6.45, 7) is 6.94. The number of nitrogens with zero attached hydrogens (tertiary/aromatic N) is 5. The average molecular weight is 498 g/mol. The molecule has 0 atom stereocenters. The molecule has 1 aromatic carbocycles. The molecule has 0 spiro atoms. The van der Waals surface area contributed by atoms with E-state index in [1.165, 1.54) is 16.4 Å². The molecule has 0 radical (unpaired) electrons. The van der Waals surface area contributed by atoms with Gasteiger partial charge in [-0.3, -0.25) is 19.4 Å². The Kier molecular flexibility index (Phi) is 7.91. The van der Waals surface area contributed by atoms with Crippen LogP contribution in [0.4, 0.5) is 0 Å². The lowest BCUT2D eigenvalue weighted by Gasteiger charge is -2.37. The third kappa shape index (κ3) is 6.05. The molecule has 33 heavy (non-hydrogen) atoms. The van der Waals surface area contributed by atoms with E-state index in [0.717, 1.165) is 52.1 Å². The van der Waals surface area contributed by atoms with Crippen LogP contribution in [0.5, 0.6) is 0 Å². The minimum atomic E-state index is -3.59. The van der Waals surface area contributed by atoms with Crippen LogP contribution in [0.1, 0.15) is 12.8 Å². The van der Waals surface area contributed by atoms with E-state index < -0.39 is 10.0 Å². The van der Waals surface area contributed by atoms with Crippen molar-refractivity contribution in [2.75, 3.05) is 78.5 Å². The smallest absolute Gasteiger partial charge is 0.243 e. The lowest BCUT2D eigenvalue weighted by atomic mass is 10.3. The second-order valence-corrected chi connectivity index (χ2v) is 11.3. The van der Waals surface area contributed by atoms with Crippen LogP contribution in [0.2, 0.25) is 5.02 Å².